The van der Waals surface area contributed by atoms with E-state index in [1.807, 2.05) is 0 Å². The molecule has 0 aromatic heterocycles. The third kappa shape index (κ3) is 6.41. The van der Waals surface area contributed by atoms with E-state index in [0.717, 1.165) is 32.7 Å². The number of benzene rings is 1. The molecule has 0 spiro atoms. The normalized spacial score (nSPS) is 10.7. The maximum Gasteiger partial charge on any atom is 0.0716 e. The van der Waals surface area contributed by atoms with Gasteiger partial charge in [-0.2, -0.15) is 0 Å². The molecule has 3 nitrogen and oxygen atoms in total. The molecule has 17 heavy (non-hydrogen) atoms. The molecule has 0 atom stereocenters. The van der Waals surface area contributed by atoms with Gasteiger partial charge >= 0.3 is 0 Å². The molecular weight excluding hydrogens is 214 g/mol. The molecule has 0 bridgehead atoms. The molecule has 0 saturated carbocycles. The van der Waals surface area contributed by atoms with Crippen LogP contribution in [0.2, 0.25) is 0 Å². The Bertz CT molecular complexity index is 302. The van der Waals surface area contributed by atoms with E-state index in [1.165, 1.54) is 11.1 Å². The minimum absolute atomic E-state index is 0.684. The Morgan fingerprint density at radius 3 is 2.76 bits per heavy atom. The fourth-order valence-electron chi connectivity index (χ4n) is 1.59. The smallest absolute Gasteiger partial charge is 0.0716 e. The van der Waals surface area contributed by atoms with Crippen LogP contribution in [0.5, 0.6) is 0 Å². The molecule has 0 fully saturated rings. The number of hydrogen-bond acceptors (Lipinski definition) is 3. The molecule has 3 heteroatoms. The lowest BCUT2D eigenvalue weighted by Crippen LogP contribution is -2.11. The highest BCUT2D eigenvalue weighted by molar-refractivity contribution is 5.22. The summed E-state index contributed by atoms with van der Waals surface area (Å²) in [4.78, 5) is 0. The average molecular weight is 237 g/mol. The first-order chi connectivity index (χ1) is 8.36. The maximum absolute atomic E-state index is 5.58. The molecule has 1 aromatic rings. The molecule has 0 radical (unpaired) electrons. The summed E-state index contributed by atoms with van der Waals surface area (Å²) in [7, 11) is 1.71. The van der Waals surface area contributed by atoms with Crippen molar-refractivity contribution in [1.29, 1.82) is 0 Å². The molecule has 0 aliphatic rings. The summed E-state index contributed by atoms with van der Waals surface area (Å²) < 4.78 is 10.6. The first-order valence-corrected chi connectivity index (χ1v) is 6.22. The summed E-state index contributed by atoms with van der Waals surface area (Å²) in [6.45, 7) is 6.24. The van der Waals surface area contributed by atoms with Gasteiger partial charge < -0.3 is 14.8 Å². The molecule has 96 valence electrons. The van der Waals surface area contributed by atoms with Crippen molar-refractivity contribution in [3.8, 4) is 0 Å². The minimum atomic E-state index is 0.684. The Labute approximate surface area is 104 Å². The topological polar surface area (TPSA) is 30.5 Å². The zero-order chi connectivity index (χ0) is 12.3. The highest BCUT2D eigenvalue weighted by Gasteiger charge is 1.96. The van der Waals surface area contributed by atoms with Gasteiger partial charge in [-0.25, -0.2) is 0 Å². The van der Waals surface area contributed by atoms with Crippen molar-refractivity contribution >= 4 is 0 Å². The number of rotatable bonds is 9. The molecule has 0 amide bonds. The summed E-state index contributed by atoms with van der Waals surface area (Å²) >= 11 is 0. The van der Waals surface area contributed by atoms with Crippen LogP contribution in [0.3, 0.4) is 0 Å². The first kappa shape index (κ1) is 14.2. The third-order valence-corrected chi connectivity index (χ3v) is 2.48. The van der Waals surface area contributed by atoms with Crippen LogP contribution in [0.25, 0.3) is 0 Å². The number of ether oxygens (including phenoxy) is 2. The lowest BCUT2D eigenvalue weighted by Gasteiger charge is -2.07. The van der Waals surface area contributed by atoms with E-state index in [4.69, 9.17) is 9.47 Å². The second-order valence-corrected chi connectivity index (χ2v) is 4.00. The maximum atomic E-state index is 5.58. The number of methoxy groups -OCH3 is 1. The zero-order valence-electron chi connectivity index (χ0n) is 10.9. The van der Waals surface area contributed by atoms with E-state index >= 15 is 0 Å². The Morgan fingerprint density at radius 1 is 1.18 bits per heavy atom. The van der Waals surface area contributed by atoms with E-state index in [1.54, 1.807) is 7.11 Å². The van der Waals surface area contributed by atoms with Crippen molar-refractivity contribution in [2.24, 2.45) is 0 Å². The van der Waals surface area contributed by atoms with Gasteiger partial charge in [0, 0.05) is 26.9 Å². The van der Waals surface area contributed by atoms with E-state index < -0.39 is 0 Å². The fourth-order valence-corrected chi connectivity index (χ4v) is 1.59. The number of nitrogens with one attached hydrogen (secondary N) is 1. The van der Waals surface area contributed by atoms with Crippen LogP contribution in [0.4, 0.5) is 0 Å². The molecule has 0 aliphatic heterocycles. The van der Waals surface area contributed by atoms with Crippen LogP contribution in [-0.4, -0.2) is 26.9 Å². The second kappa shape index (κ2) is 9.16. The predicted octanol–water partition coefficient (Wildman–Crippen LogP) is 2.35. The van der Waals surface area contributed by atoms with Crippen molar-refractivity contribution in [2.75, 3.05) is 26.9 Å². The van der Waals surface area contributed by atoms with Gasteiger partial charge in [0.05, 0.1) is 6.61 Å². The van der Waals surface area contributed by atoms with Crippen molar-refractivity contribution in [1.82, 2.24) is 5.32 Å². The van der Waals surface area contributed by atoms with Crippen LogP contribution in [-0.2, 0) is 22.6 Å². The Morgan fingerprint density at radius 2 is 2.00 bits per heavy atom. The Balaban J connectivity index is 2.27. The van der Waals surface area contributed by atoms with Gasteiger partial charge in [0.2, 0.25) is 0 Å². The molecular formula is C14H23NO2. The molecule has 1 rings (SSSR count). The van der Waals surface area contributed by atoms with Crippen molar-refractivity contribution < 1.29 is 9.47 Å². The van der Waals surface area contributed by atoms with Crippen LogP contribution in [0.15, 0.2) is 24.3 Å². The van der Waals surface area contributed by atoms with Gasteiger partial charge in [-0.15, -0.1) is 0 Å². The van der Waals surface area contributed by atoms with Crippen LogP contribution in [0, 0.1) is 0 Å². The second-order valence-electron chi connectivity index (χ2n) is 4.00. The van der Waals surface area contributed by atoms with Gasteiger partial charge in [0.15, 0.2) is 0 Å². The SMILES string of the molecule is CCNCc1cccc(COCCCOC)c1. The predicted molar refractivity (Wildman–Crippen MR) is 70.0 cm³/mol. The molecule has 1 aromatic carbocycles. The Kier molecular flexibility index (Phi) is 7.63. The van der Waals surface area contributed by atoms with Crippen molar-refractivity contribution in [3.63, 3.8) is 0 Å². The fraction of sp³-hybridized carbons (Fsp3) is 0.571. The van der Waals surface area contributed by atoms with E-state index in [9.17, 15) is 0 Å². The summed E-state index contributed by atoms with van der Waals surface area (Å²) in [5.41, 5.74) is 2.54. The molecule has 0 aliphatic carbocycles. The molecule has 0 unspecified atom stereocenters. The standard InChI is InChI=1S/C14H23NO2/c1-3-15-11-13-6-4-7-14(10-13)12-17-9-5-8-16-2/h4,6-7,10,15H,3,5,8-9,11-12H2,1-2H3. The zero-order valence-corrected chi connectivity index (χ0v) is 10.9. The van der Waals surface area contributed by atoms with Gasteiger partial charge in [-0.1, -0.05) is 31.2 Å². The van der Waals surface area contributed by atoms with Crippen LogP contribution >= 0.6 is 0 Å². The lowest BCUT2D eigenvalue weighted by molar-refractivity contribution is 0.0928. The monoisotopic (exact) mass is 237 g/mol. The van der Waals surface area contributed by atoms with E-state index in [0.29, 0.717) is 6.61 Å². The van der Waals surface area contributed by atoms with Crippen LogP contribution in [0.1, 0.15) is 24.5 Å². The third-order valence-electron chi connectivity index (χ3n) is 2.48. The van der Waals surface area contributed by atoms with Gasteiger partial charge in [-0.05, 0) is 24.1 Å². The molecule has 0 heterocycles. The van der Waals surface area contributed by atoms with Crippen LogP contribution < -0.4 is 5.32 Å². The number of hydrogen-bond donors (Lipinski definition) is 1. The van der Waals surface area contributed by atoms with Gasteiger partial charge in [-0.3, -0.25) is 0 Å². The van der Waals surface area contributed by atoms with Gasteiger partial charge in [0.25, 0.3) is 0 Å². The summed E-state index contributed by atoms with van der Waals surface area (Å²) in [6, 6.07) is 8.52. The molecule has 0 saturated heterocycles. The average Bonchev–Trinajstić information content (AvgIpc) is 2.37. The summed E-state index contributed by atoms with van der Waals surface area (Å²) in [6.07, 6.45) is 0.952. The Hall–Kier alpha value is -0.900. The highest BCUT2D eigenvalue weighted by atomic mass is 16.5. The van der Waals surface area contributed by atoms with Crippen molar-refractivity contribution in [3.05, 3.63) is 35.4 Å². The quantitative estimate of drug-likeness (QED) is 0.669. The van der Waals surface area contributed by atoms with E-state index in [-0.39, 0.29) is 0 Å². The molecule has 1 N–H and O–H groups in total. The summed E-state index contributed by atoms with van der Waals surface area (Å²) in [5, 5.41) is 3.32. The van der Waals surface area contributed by atoms with E-state index in [2.05, 4.69) is 36.5 Å². The highest BCUT2D eigenvalue weighted by Crippen LogP contribution is 2.06. The largest absolute Gasteiger partial charge is 0.385 e. The van der Waals surface area contributed by atoms with Gasteiger partial charge in [0.1, 0.15) is 0 Å². The summed E-state index contributed by atoms with van der Waals surface area (Å²) in [5.74, 6) is 0. The lowest BCUT2D eigenvalue weighted by atomic mass is 10.1. The minimum Gasteiger partial charge on any atom is -0.385 e. The van der Waals surface area contributed by atoms with Crippen molar-refractivity contribution in [2.45, 2.75) is 26.5 Å². The first-order valence-electron chi connectivity index (χ1n) is 6.22.